The van der Waals surface area contributed by atoms with Crippen molar-refractivity contribution >= 4 is 36.0 Å². The Morgan fingerprint density at radius 2 is 1.89 bits per heavy atom. The van der Waals surface area contributed by atoms with E-state index >= 15 is 0 Å². The maximum atomic E-state index is 11.6. The SMILES string of the molecule is CCCOc1ncccc1CN=C(NCC)NCCNC(=O)OC(C)(C)C.I. The molecule has 8 nitrogen and oxygen atoms in total. The molecule has 1 aromatic heterocycles. The third kappa shape index (κ3) is 11.8. The number of carbonyl (C=O) groups excluding carboxylic acids is 1. The maximum absolute atomic E-state index is 11.6. The summed E-state index contributed by atoms with van der Waals surface area (Å²) in [5, 5.41) is 9.06. The number of rotatable bonds is 9. The van der Waals surface area contributed by atoms with E-state index in [4.69, 9.17) is 9.47 Å². The number of pyridine rings is 1. The molecule has 0 aliphatic carbocycles. The van der Waals surface area contributed by atoms with Gasteiger partial charge in [0.2, 0.25) is 5.88 Å². The molecule has 0 unspecified atom stereocenters. The third-order valence-electron chi connectivity index (χ3n) is 3.13. The fraction of sp³-hybridized carbons (Fsp3) is 0.632. The number of ether oxygens (including phenoxy) is 2. The number of guanidine groups is 1. The predicted octanol–water partition coefficient (Wildman–Crippen LogP) is 3.07. The van der Waals surface area contributed by atoms with Crippen LogP contribution in [-0.4, -0.2) is 48.9 Å². The van der Waals surface area contributed by atoms with E-state index in [2.05, 4.69) is 32.9 Å². The standard InChI is InChI=1S/C19H33N5O3.HI/c1-6-13-26-16-15(9-8-10-21-16)14-24-17(20-7-2)22-11-12-23-18(25)27-19(3,4)5;/h8-10H,6-7,11-14H2,1-5H3,(H,23,25)(H2,20,22,24);1H. The second-order valence-electron chi connectivity index (χ2n) is 6.87. The number of carbonyl (C=O) groups is 1. The monoisotopic (exact) mass is 507 g/mol. The van der Waals surface area contributed by atoms with Gasteiger partial charge in [-0.2, -0.15) is 0 Å². The number of hydrogen-bond acceptors (Lipinski definition) is 5. The zero-order valence-corrected chi connectivity index (χ0v) is 19.8. The summed E-state index contributed by atoms with van der Waals surface area (Å²) in [5.41, 5.74) is 0.421. The van der Waals surface area contributed by atoms with Gasteiger partial charge in [0.25, 0.3) is 0 Å². The van der Waals surface area contributed by atoms with Crippen LogP contribution < -0.4 is 20.7 Å². The molecular formula is C19H34IN5O3. The molecule has 0 atom stereocenters. The number of amides is 1. The van der Waals surface area contributed by atoms with Crippen LogP contribution in [0.25, 0.3) is 0 Å². The molecule has 0 spiro atoms. The van der Waals surface area contributed by atoms with Gasteiger partial charge in [-0.1, -0.05) is 13.0 Å². The molecule has 0 saturated heterocycles. The lowest BCUT2D eigenvalue weighted by atomic mass is 10.2. The number of aromatic nitrogens is 1. The average molecular weight is 507 g/mol. The van der Waals surface area contributed by atoms with Crippen LogP contribution in [0.4, 0.5) is 4.79 Å². The summed E-state index contributed by atoms with van der Waals surface area (Å²) in [7, 11) is 0. The van der Waals surface area contributed by atoms with Gasteiger partial charge in [0.15, 0.2) is 5.96 Å². The van der Waals surface area contributed by atoms with E-state index in [1.807, 2.05) is 39.8 Å². The predicted molar refractivity (Wildman–Crippen MR) is 122 cm³/mol. The van der Waals surface area contributed by atoms with Gasteiger partial charge in [-0.05, 0) is 40.2 Å². The first-order valence-electron chi connectivity index (χ1n) is 9.41. The molecule has 0 aromatic carbocycles. The molecule has 0 aliphatic heterocycles. The normalized spacial score (nSPS) is 11.2. The van der Waals surface area contributed by atoms with Crippen molar-refractivity contribution in [2.75, 3.05) is 26.2 Å². The number of nitrogens with zero attached hydrogens (tertiary/aromatic N) is 2. The lowest BCUT2D eigenvalue weighted by Crippen LogP contribution is -2.42. The van der Waals surface area contributed by atoms with Gasteiger partial charge in [0.1, 0.15) is 5.60 Å². The Hall–Kier alpha value is -1.78. The van der Waals surface area contributed by atoms with Gasteiger partial charge in [-0.25, -0.2) is 14.8 Å². The average Bonchev–Trinajstić information content (AvgIpc) is 2.60. The number of halogens is 1. The van der Waals surface area contributed by atoms with Crippen molar-refractivity contribution in [1.29, 1.82) is 0 Å². The first-order chi connectivity index (χ1) is 12.9. The zero-order valence-electron chi connectivity index (χ0n) is 17.5. The van der Waals surface area contributed by atoms with Crippen LogP contribution in [0.2, 0.25) is 0 Å². The Labute approximate surface area is 185 Å². The molecule has 1 heterocycles. The summed E-state index contributed by atoms with van der Waals surface area (Å²) in [4.78, 5) is 20.5. The minimum Gasteiger partial charge on any atom is -0.477 e. The van der Waals surface area contributed by atoms with Gasteiger partial charge in [0.05, 0.1) is 13.2 Å². The summed E-state index contributed by atoms with van der Waals surface area (Å²) in [6.07, 6.45) is 2.21. The molecule has 9 heteroatoms. The highest BCUT2D eigenvalue weighted by Gasteiger charge is 2.15. The Bertz CT molecular complexity index is 605. The second-order valence-corrected chi connectivity index (χ2v) is 6.87. The molecule has 0 radical (unpaired) electrons. The quantitative estimate of drug-likeness (QED) is 0.206. The van der Waals surface area contributed by atoms with Crippen LogP contribution >= 0.6 is 24.0 Å². The Morgan fingerprint density at radius 3 is 2.54 bits per heavy atom. The minimum atomic E-state index is -0.505. The van der Waals surface area contributed by atoms with E-state index in [-0.39, 0.29) is 24.0 Å². The van der Waals surface area contributed by atoms with Gasteiger partial charge >= 0.3 is 6.09 Å². The lowest BCUT2D eigenvalue weighted by molar-refractivity contribution is 0.0529. The van der Waals surface area contributed by atoms with Crippen molar-refractivity contribution in [1.82, 2.24) is 20.9 Å². The highest BCUT2D eigenvalue weighted by atomic mass is 127. The van der Waals surface area contributed by atoms with Crippen LogP contribution in [0.15, 0.2) is 23.3 Å². The van der Waals surface area contributed by atoms with Crippen molar-refractivity contribution in [2.24, 2.45) is 4.99 Å². The first-order valence-corrected chi connectivity index (χ1v) is 9.41. The second kappa shape index (κ2) is 14.3. The van der Waals surface area contributed by atoms with E-state index in [0.29, 0.717) is 38.1 Å². The maximum Gasteiger partial charge on any atom is 0.407 e. The molecule has 1 aromatic rings. The van der Waals surface area contributed by atoms with Crippen molar-refractivity contribution in [3.05, 3.63) is 23.9 Å². The summed E-state index contributed by atoms with van der Waals surface area (Å²) >= 11 is 0. The number of alkyl carbamates (subject to hydrolysis) is 1. The molecule has 0 saturated carbocycles. The third-order valence-corrected chi connectivity index (χ3v) is 3.13. The Morgan fingerprint density at radius 1 is 1.18 bits per heavy atom. The Kier molecular flexibility index (Phi) is 13.3. The zero-order chi connectivity index (χ0) is 20.1. The summed E-state index contributed by atoms with van der Waals surface area (Å²) in [6, 6.07) is 3.82. The molecule has 1 rings (SSSR count). The topological polar surface area (TPSA) is 96.9 Å². The summed E-state index contributed by atoms with van der Waals surface area (Å²) in [6.45, 7) is 12.3. The van der Waals surface area contributed by atoms with Crippen molar-refractivity contribution in [2.45, 2.75) is 53.2 Å². The molecule has 0 aliphatic rings. The molecule has 3 N–H and O–H groups in total. The van der Waals surface area contributed by atoms with Crippen LogP contribution in [0.1, 0.15) is 46.6 Å². The molecule has 28 heavy (non-hydrogen) atoms. The summed E-state index contributed by atoms with van der Waals surface area (Å²) in [5.74, 6) is 1.28. The lowest BCUT2D eigenvalue weighted by Gasteiger charge is -2.20. The molecule has 160 valence electrons. The number of aliphatic imine (C=N–C) groups is 1. The van der Waals surface area contributed by atoms with Crippen LogP contribution in [0, 0.1) is 0 Å². The van der Waals surface area contributed by atoms with Gasteiger partial charge in [-0.15, -0.1) is 24.0 Å². The van der Waals surface area contributed by atoms with E-state index in [1.165, 1.54) is 0 Å². The highest BCUT2D eigenvalue weighted by Crippen LogP contribution is 2.15. The van der Waals surface area contributed by atoms with Gasteiger partial charge < -0.3 is 25.4 Å². The molecule has 0 bridgehead atoms. The van der Waals surface area contributed by atoms with Crippen LogP contribution in [0.5, 0.6) is 5.88 Å². The van der Waals surface area contributed by atoms with Gasteiger partial charge in [-0.3, -0.25) is 0 Å². The largest absolute Gasteiger partial charge is 0.477 e. The minimum absolute atomic E-state index is 0. The first kappa shape index (κ1) is 26.2. The van der Waals surface area contributed by atoms with E-state index in [9.17, 15) is 4.79 Å². The van der Waals surface area contributed by atoms with Crippen LogP contribution in [-0.2, 0) is 11.3 Å². The molecule has 0 fully saturated rings. The van der Waals surface area contributed by atoms with E-state index in [0.717, 1.165) is 18.5 Å². The highest BCUT2D eigenvalue weighted by molar-refractivity contribution is 14.0. The smallest absolute Gasteiger partial charge is 0.407 e. The van der Waals surface area contributed by atoms with Gasteiger partial charge in [0, 0.05) is 31.4 Å². The van der Waals surface area contributed by atoms with E-state index < -0.39 is 11.7 Å². The fourth-order valence-electron chi connectivity index (χ4n) is 2.04. The van der Waals surface area contributed by atoms with E-state index in [1.54, 1.807) is 6.20 Å². The number of hydrogen-bond donors (Lipinski definition) is 3. The molecular weight excluding hydrogens is 473 g/mol. The Balaban J connectivity index is 0.00000729. The fourth-order valence-corrected chi connectivity index (χ4v) is 2.04. The molecule has 1 amide bonds. The van der Waals surface area contributed by atoms with Crippen LogP contribution in [0.3, 0.4) is 0 Å². The number of nitrogens with one attached hydrogen (secondary N) is 3. The van der Waals surface area contributed by atoms with Crippen molar-refractivity contribution in [3.63, 3.8) is 0 Å². The summed E-state index contributed by atoms with van der Waals surface area (Å²) < 4.78 is 10.9. The van der Waals surface area contributed by atoms with Crippen molar-refractivity contribution < 1.29 is 14.3 Å². The van der Waals surface area contributed by atoms with Crippen molar-refractivity contribution in [3.8, 4) is 5.88 Å².